The van der Waals surface area contributed by atoms with Crippen LogP contribution in [-0.2, 0) is 11.3 Å². The molecule has 0 bridgehead atoms. The first kappa shape index (κ1) is 15.6. The van der Waals surface area contributed by atoms with Gasteiger partial charge in [0, 0.05) is 16.6 Å². The molecule has 3 heterocycles. The van der Waals surface area contributed by atoms with Crippen molar-refractivity contribution in [1.29, 1.82) is 0 Å². The van der Waals surface area contributed by atoms with E-state index in [9.17, 15) is 9.59 Å². The first-order valence-corrected chi connectivity index (χ1v) is 8.57. The number of hydrogen-bond acceptors (Lipinski definition) is 6. The lowest BCUT2D eigenvalue weighted by Crippen LogP contribution is -2.27. The molecule has 0 saturated carbocycles. The number of benzene rings is 1. The van der Waals surface area contributed by atoms with Crippen LogP contribution < -0.4 is 20.3 Å². The second-order valence-corrected chi connectivity index (χ2v) is 6.89. The molecule has 1 N–H and O–H groups in total. The molecule has 0 unspecified atom stereocenters. The van der Waals surface area contributed by atoms with Gasteiger partial charge in [0.05, 0.1) is 11.7 Å². The van der Waals surface area contributed by atoms with Crippen LogP contribution in [0, 0.1) is 6.92 Å². The molecule has 1 amide bonds. The molecule has 1 aromatic carbocycles. The number of ether oxygens (including phenoxy) is 2. The molecule has 128 valence electrons. The highest BCUT2D eigenvalue weighted by Crippen LogP contribution is 2.32. The third-order valence-corrected chi connectivity index (χ3v) is 4.74. The number of rotatable bonds is 3. The molecule has 3 aromatic rings. The van der Waals surface area contributed by atoms with Crippen molar-refractivity contribution in [3.05, 3.63) is 45.8 Å². The van der Waals surface area contributed by atoms with E-state index in [0.29, 0.717) is 40.6 Å². The Morgan fingerprint density at radius 2 is 2.08 bits per heavy atom. The van der Waals surface area contributed by atoms with Crippen LogP contribution in [0.4, 0.5) is 5.69 Å². The Morgan fingerprint density at radius 3 is 2.92 bits per heavy atom. The summed E-state index contributed by atoms with van der Waals surface area (Å²) in [6.45, 7) is 2.81. The van der Waals surface area contributed by atoms with Gasteiger partial charge in [0.1, 0.15) is 24.6 Å². The third-order valence-electron chi connectivity index (χ3n) is 3.78. The highest BCUT2D eigenvalue weighted by molar-refractivity contribution is 7.18. The van der Waals surface area contributed by atoms with Gasteiger partial charge in [-0.15, -0.1) is 11.3 Å². The Morgan fingerprint density at radius 1 is 1.28 bits per heavy atom. The molecule has 0 atom stereocenters. The molecule has 0 aliphatic carbocycles. The van der Waals surface area contributed by atoms with E-state index in [-0.39, 0.29) is 18.0 Å². The molecule has 7 nitrogen and oxygen atoms in total. The quantitative estimate of drug-likeness (QED) is 0.777. The summed E-state index contributed by atoms with van der Waals surface area (Å²) in [5.74, 6) is 0.938. The van der Waals surface area contributed by atoms with Gasteiger partial charge in [-0.2, -0.15) is 0 Å². The molecular weight excluding hydrogens is 342 g/mol. The first-order valence-electron chi connectivity index (χ1n) is 7.75. The minimum atomic E-state index is -0.313. The van der Waals surface area contributed by atoms with Gasteiger partial charge < -0.3 is 14.8 Å². The Bertz CT molecular complexity index is 1020. The van der Waals surface area contributed by atoms with Crippen molar-refractivity contribution in [1.82, 2.24) is 9.55 Å². The summed E-state index contributed by atoms with van der Waals surface area (Å²) in [7, 11) is 0. The summed E-state index contributed by atoms with van der Waals surface area (Å²) in [6, 6.07) is 6.99. The van der Waals surface area contributed by atoms with E-state index >= 15 is 0 Å². The Hall–Kier alpha value is -2.87. The van der Waals surface area contributed by atoms with Crippen molar-refractivity contribution in [3.8, 4) is 11.5 Å². The summed E-state index contributed by atoms with van der Waals surface area (Å²) in [5, 5.41) is 3.30. The van der Waals surface area contributed by atoms with Gasteiger partial charge in [0.25, 0.3) is 5.56 Å². The van der Waals surface area contributed by atoms with Crippen LogP contribution >= 0.6 is 11.3 Å². The molecule has 2 aromatic heterocycles. The molecule has 8 heteroatoms. The summed E-state index contributed by atoms with van der Waals surface area (Å²) in [5.41, 5.74) is 0.370. The maximum Gasteiger partial charge on any atom is 0.262 e. The number of nitrogens with zero attached hydrogens (tertiary/aromatic N) is 2. The van der Waals surface area contributed by atoms with Crippen LogP contribution in [-0.4, -0.2) is 28.7 Å². The number of amides is 1. The van der Waals surface area contributed by atoms with Crippen LogP contribution in [0.1, 0.15) is 4.88 Å². The SMILES string of the molecule is Cc1cc2c(=O)n(CC(=O)Nc3ccc4c(c3)OCCO4)cnc2s1. The van der Waals surface area contributed by atoms with Crippen molar-refractivity contribution in [2.24, 2.45) is 0 Å². The fourth-order valence-electron chi connectivity index (χ4n) is 2.67. The van der Waals surface area contributed by atoms with E-state index in [1.54, 1.807) is 24.3 Å². The zero-order chi connectivity index (χ0) is 17.4. The lowest BCUT2D eigenvalue weighted by Gasteiger charge is -2.19. The van der Waals surface area contributed by atoms with Crippen LogP contribution in [0.25, 0.3) is 10.2 Å². The fraction of sp³-hybridized carbons (Fsp3) is 0.235. The smallest absolute Gasteiger partial charge is 0.262 e. The average molecular weight is 357 g/mol. The summed E-state index contributed by atoms with van der Waals surface area (Å²) < 4.78 is 12.2. The number of carbonyl (C=O) groups excluding carboxylic acids is 1. The monoisotopic (exact) mass is 357 g/mol. The zero-order valence-electron chi connectivity index (χ0n) is 13.4. The highest BCUT2D eigenvalue weighted by Gasteiger charge is 2.14. The van der Waals surface area contributed by atoms with Gasteiger partial charge in [-0.1, -0.05) is 0 Å². The minimum Gasteiger partial charge on any atom is -0.486 e. The summed E-state index contributed by atoms with van der Waals surface area (Å²) in [6.07, 6.45) is 1.41. The summed E-state index contributed by atoms with van der Waals surface area (Å²) >= 11 is 1.46. The van der Waals surface area contributed by atoms with Crippen molar-refractivity contribution < 1.29 is 14.3 Å². The molecule has 0 radical (unpaired) electrons. The number of hydrogen-bond donors (Lipinski definition) is 1. The highest BCUT2D eigenvalue weighted by atomic mass is 32.1. The molecule has 0 fully saturated rings. The predicted octanol–water partition coefficient (Wildman–Crippen LogP) is 2.18. The van der Waals surface area contributed by atoms with Gasteiger partial charge in [-0.3, -0.25) is 14.2 Å². The van der Waals surface area contributed by atoms with E-state index in [1.807, 2.05) is 6.92 Å². The Kier molecular flexibility index (Phi) is 3.89. The number of aromatic nitrogens is 2. The van der Waals surface area contributed by atoms with Gasteiger partial charge in [0.2, 0.25) is 5.91 Å². The lowest BCUT2D eigenvalue weighted by atomic mass is 10.2. The maximum atomic E-state index is 12.4. The number of thiophene rings is 1. The Labute approximate surface area is 146 Å². The second-order valence-electron chi connectivity index (χ2n) is 5.66. The standard InChI is InChI=1S/C17H15N3O4S/c1-10-6-12-16(25-10)18-9-20(17(12)22)8-15(21)19-11-2-3-13-14(7-11)24-5-4-23-13/h2-3,6-7,9H,4-5,8H2,1H3,(H,19,21). The number of nitrogens with one attached hydrogen (secondary N) is 1. The zero-order valence-corrected chi connectivity index (χ0v) is 14.3. The van der Waals surface area contributed by atoms with Crippen LogP contribution in [0.15, 0.2) is 35.4 Å². The van der Waals surface area contributed by atoms with Crippen LogP contribution in [0.5, 0.6) is 11.5 Å². The summed E-state index contributed by atoms with van der Waals surface area (Å²) in [4.78, 5) is 30.7. The second kappa shape index (κ2) is 6.21. The lowest BCUT2D eigenvalue weighted by molar-refractivity contribution is -0.116. The molecule has 25 heavy (non-hydrogen) atoms. The van der Waals surface area contributed by atoms with Crippen LogP contribution in [0.3, 0.4) is 0 Å². The molecule has 0 saturated heterocycles. The molecule has 1 aliphatic heterocycles. The van der Waals surface area contributed by atoms with E-state index in [4.69, 9.17) is 9.47 Å². The van der Waals surface area contributed by atoms with E-state index in [2.05, 4.69) is 10.3 Å². The van der Waals surface area contributed by atoms with Crippen molar-refractivity contribution in [2.75, 3.05) is 18.5 Å². The molecule has 1 aliphatic rings. The number of fused-ring (bicyclic) bond motifs is 2. The molecule has 4 rings (SSSR count). The van der Waals surface area contributed by atoms with E-state index in [0.717, 1.165) is 4.88 Å². The van der Waals surface area contributed by atoms with E-state index < -0.39 is 0 Å². The van der Waals surface area contributed by atoms with Crippen molar-refractivity contribution >= 4 is 33.1 Å². The van der Waals surface area contributed by atoms with Crippen molar-refractivity contribution in [3.63, 3.8) is 0 Å². The number of carbonyl (C=O) groups is 1. The number of anilines is 1. The van der Waals surface area contributed by atoms with Crippen molar-refractivity contribution in [2.45, 2.75) is 13.5 Å². The predicted molar refractivity (Wildman–Crippen MR) is 94.7 cm³/mol. The minimum absolute atomic E-state index is 0.106. The molecule has 0 spiro atoms. The van der Waals surface area contributed by atoms with Gasteiger partial charge in [0.15, 0.2) is 11.5 Å². The van der Waals surface area contributed by atoms with Gasteiger partial charge >= 0.3 is 0 Å². The van der Waals surface area contributed by atoms with Crippen LogP contribution in [0.2, 0.25) is 0 Å². The van der Waals surface area contributed by atoms with Gasteiger partial charge in [-0.25, -0.2) is 4.98 Å². The topological polar surface area (TPSA) is 82.5 Å². The normalized spacial score (nSPS) is 13.0. The fourth-order valence-corrected chi connectivity index (χ4v) is 3.51. The van der Waals surface area contributed by atoms with E-state index in [1.165, 1.54) is 22.2 Å². The average Bonchev–Trinajstić information content (AvgIpc) is 2.99. The maximum absolute atomic E-state index is 12.4. The Balaban J connectivity index is 1.52. The largest absolute Gasteiger partial charge is 0.486 e. The molecular formula is C17H15N3O4S. The first-order chi connectivity index (χ1) is 12.1. The number of aryl methyl sites for hydroxylation is 1. The van der Waals surface area contributed by atoms with Gasteiger partial charge in [-0.05, 0) is 25.1 Å². The third kappa shape index (κ3) is 3.08.